The zero-order valence-electron chi connectivity index (χ0n) is 22.5. The third-order valence-corrected chi connectivity index (χ3v) is 6.66. The van der Waals surface area contributed by atoms with Gasteiger partial charge in [0.05, 0.1) is 11.5 Å². The number of aliphatic hydroxyl groups is 1. The Morgan fingerprint density at radius 2 is 1.57 bits per heavy atom. The summed E-state index contributed by atoms with van der Waals surface area (Å²) in [5, 5.41) is 10.1. The number of carbonyl (C=O) groups excluding carboxylic acids is 2. The number of carbonyl (C=O) groups is 2. The first-order valence-corrected chi connectivity index (χ1v) is 12.8. The van der Waals surface area contributed by atoms with Crippen LogP contribution in [0.1, 0.15) is 71.4 Å². The van der Waals surface area contributed by atoms with Crippen LogP contribution in [0.4, 0.5) is 23.7 Å². The number of benzene rings is 1. The summed E-state index contributed by atoms with van der Waals surface area (Å²) in [5.74, 6) is -1.31. The maximum absolute atomic E-state index is 13.6. The molecule has 0 aliphatic carbocycles. The van der Waals surface area contributed by atoms with E-state index in [1.165, 1.54) is 11.0 Å². The lowest BCUT2D eigenvalue weighted by molar-refractivity contribution is -0.160. The second-order valence-corrected chi connectivity index (χ2v) is 12.0. The summed E-state index contributed by atoms with van der Waals surface area (Å²) in [5.41, 5.74) is -0.990. The summed E-state index contributed by atoms with van der Waals surface area (Å²) in [4.78, 5) is 28.6. The van der Waals surface area contributed by atoms with Gasteiger partial charge >= 0.3 is 18.2 Å². The number of rotatable bonds is 4. The van der Waals surface area contributed by atoms with Crippen molar-refractivity contribution in [3.8, 4) is 0 Å². The van der Waals surface area contributed by atoms with Gasteiger partial charge in [-0.2, -0.15) is 13.2 Å². The second-order valence-electron chi connectivity index (χ2n) is 12.0. The molecule has 0 radical (unpaired) electrons. The van der Waals surface area contributed by atoms with Gasteiger partial charge in [0, 0.05) is 50.3 Å². The van der Waals surface area contributed by atoms with Gasteiger partial charge in [0.1, 0.15) is 11.2 Å². The summed E-state index contributed by atoms with van der Waals surface area (Å²) in [6, 6.07) is 3.66. The highest BCUT2D eigenvalue weighted by atomic mass is 19.4. The molecular formula is C27H39F3N2O5. The largest absolute Gasteiger partial charge is 0.460 e. The lowest BCUT2D eigenvalue weighted by Crippen LogP contribution is -2.39. The average molecular weight is 529 g/mol. The highest BCUT2D eigenvalue weighted by Crippen LogP contribution is 2.42. The molecule has 37 heavy (non-hydrogen) atoms. The Labute approximate surface area is 216 Å². The van der Waals surface area contributed by atoms with Crippen LogP contribution in [0.5, 0.6) is 0 Å². The highest BCUT2D eigenvalue weighted by Gasteiger charge is 2.41. The second kappa shape index (κ2) is 10.7. The number of halogens is 3. The molecule has 2 saturated heterocycles. The molecule has 0 saturated carbocycles. The molecule has 2 aliphatic heterocycles. The Bertz CT molecular complexity index is 976. The van der Waals surface area contributed by atoms with Crippen LogP contribution in [0.25, 0.3) is 0 Å². The van der Waals surface area contributed by atoms with Crippen LogP contribution in [-0.4, -0.2) is 66.1 Å². The first-order valence-electron chi connectivity index (χ1n) is 12.8. The predicted molar refractivity (Wildman–Crippen MR) is 133 cm³/mol. The van der Waals surface area contributed by atoms with Crippen molar-refractivity contribution in [3.63, 3.8) is 0 Å². The number of nitrogens with zero attached hydrogens (tertiary/aromatic N) is 2. The van der Waals surface area contributed by atoms with Crippen LogP contribution < -0.4 is 4.90 Å². The summed E-state index contributed by atoms with van der Waals surface area (Å²) in [6.45, 7) is 11.7. The number of alkyl halides is 3. The van der Waals surface area contributed by atoms with Crippen molar-refractivity contribution >= 4 is 17.7 Å². The van der Waals surface area contributed by atoms with E-state index in [-0.39, 0.29) is 43.4 Å². The molecule has 2 atom stereocenters. The van der Waals surface area contributed by atoms with Crippen molar-refractivity contribution in [1.29, 1.82) is 0 Å². The number of esters is 1. The van der Waals surface area contributed by atoms with E-state index in [2.05, 4.69) is 0 Å². The van der Waals surface area contributed by atoms with Crippen molar-refractivity contribution in [2.24, 2.45) is 11.8 Å². The smallest absolute Gasteiger partial charge is 0.416 e. The molecule has 3 rings (SSSR count). The van der Waals surface area contributed by atoms with E-state index >= 15 is 0 Å². The van der Waals surface area contributed by atoms with E-state index in [9.17, 15) is 27.9 Å². The van der Waals surface area contributed by atoms with Crippen LogP contribution in [0.2, 0.25) is 0 Å². The topological polar surface area (TPSA) is 79.3 Å². The summed E-state index contributed by atoms with van der Waals surface area (Å²) < 4.78 is 51.9. The first-order chi connectivity index (χ1) is 17.0. The molecule has 1 amide bonds. The fourth-order valence-corrected chi connectivity index (χ4v) is 4.93. The van der Waals surface area contributed by atoms with Gasteiger partial charge in [-0.25, -0.2) is 4.79 Å². The zero-order valence-corrected chi connectivity index (χ0v) is 22.5. The Morgan fingerprint density at radius 3 is 2.08 bits per heavy atom. The molecule has 2 fully saturated rings. The number of amides is 1. The van der Waals surface area contributed by atoms with Gasteiger partial charge < -0.3 is 24.4 Å². The molecule has 1 N–H and O–H groups in total. The number of piperidine rings is 1. The van der Waals surface area contributed by atoms with Gasteiger partial charge in [-0.15, -0.1) is 0 Å². The zero-order chi connectivity index (χ0) is 27.8. The standard InChI is InChI=1S/C27H39F3N2O5/c1-25(2,3)36-23(34)17-9-11-31(12-10-17)22-13-19(27(28,29)30)7-8-20(22)21-15-32(14-18(21)16-33)24(35)37-26(4,5)6/h7-8,13,17-18,21,33H,9-12,14-16H2,1-6H3/t18-,21?/m1/s1. The Hall–Kier alpha value is -2.49. The number of hydrogen-bond donors (Lipinski definition) is 1. The third kappa shape index (κ3) is 7.52. The quantitative estimate of drug-likeness (QED) is 0.541. The lowest BCUT2D eigenvalue weighted by atomic mass is 9.86. The van der Waals surface area contributed by atoms with Crippen LogP contribution in [-0.2, 0) is 20.4 Å². The van der Waals surface area contributed by atoms with E-state index in [0.29, 0.717) is 37.2 Å². The van der Waals surface area contributed by atoms with E-state index in [0.717, 1.165) is 12.1 Å². The molecule has 208 valence electrons. The summed E-state index contributed by atoms with van der Waals surface area (Å²) in [7, 11) is 0. The van der Waals surface area contributed by atoms with Crippen molar-refractivity contribution in [2.45, 2.75) is 77.7 Å². The molecule has 2 heterocycles. The normalized spacial score (nSPS) is 21.8. The van der Waals surface area contributed by atoms with Gasteiger partial charge in [0.25, 0.3) is 0 Å². The molecule has 10 heteroatoms. The molecule has 0 bridgehead atoms. The Morgan fingerprint density at radius 1 is 0.973 bits per heavy atom. The number of likely N-dealkylation sites (tertiary alicyclic amines) is 1. The fourth-order valence-electron chi connectivity index (χ4n) is 4.93. The molecular weight excluding hydrogens is 489 g/mol. The lowest BCUT2D eigenvalue weighted by Gasteiger charge is -2.36. The fraction of sp³-hybridized carbons (Fsp3) is 0.704. The molecule has 0 spiro atoms. The third-order valence-electron chi connectivity index (χ3n) is 6.66. The summed E-state index contributed by atoms with van der Waals surface area (Å²) in [6.07, 6.45) is -4.11. The van der Waals surface area contributed by atoms with E-state index in [1.807, 2.05) is 4.90 Å². The van der Waals surface area contributed by atoms with Crippen molar-refractivity contribution in [3.05, 3.63) is 29.3 Å². The molecule has 1 unspecified atom stereocenters. The number of anilines is 1. The highest BCUT2D eigenvalue weighted by molar-refractivity contribution is 5.73. The van der Waals surface area contributed by atoms with Crippen LogP contribution >= 0.6 is 0 Å². The maximum Gasteiger partial charge on any atom is 0.416 e. The van der Waals surface area contributed by atoms with Gasteiger partial charge in [-0.1, -0.05) is 6.07 Å². The van der Waals surface area contributed by atoms with Gasteiger partial charge in [-0.05, 0) is 72.1 Å². The van der Waals surface area contributed by atoms with Crippen LogP contribution in [0.15, 0.2) is 18.2 Å². The van der Waals surface area contributed by atoms with E-state index in [1.54, 1.807) is 41.5 Å². The number of hydrogen-bond acceptors (Lipinski definition) is 6. The molecule has 2 aliphatic rings. The minimum Gasteiger partial charge on any atom is -0.460 e. The van der Waals surface area contributed by atoms with Crippen molar-refractivity contribution < 1.29 is 37.3 Å². The van der Waals surface area contributed by atoms with Gasteiger partial charge in [-0.3, -0.25) is 4.79 Å². The average Bonchev–Trinajstić information content (AvgIpc) is 3.20. The predicted octanol–water partition coefficient (Wildman–Crippen LogP) is 5.21. The maximum atomic E-state index is 13.6. The van der Waals surface area contributed by atoms with Crippen LogP contribution in [0, 0.1) is 11.8 Å². The monoisotopic (exact) mass is 528 g/mol. The molecule has 7 nitrogen and oxygen atoms in total. The molecule has 0 aromatic heterocycles. The van der Waals surface area contributed by atoms with E-state index < -0.39 is 29.0 Å². The van der Waals surface area contributed by atoms with Crippen LogP contribution in [0.3, 0.4) is 0 Å². The van der Waals surface area contributed by atoms with Crippen molar-refractivity contribution in [1.82, 2.24) is 4.90 Å². The Kier molecular flexibility index (Phi) is 8.41. The van der Waals surface area contributed by atoms with E-state index in [4.69, 9.17) is 9.47 Å². The summed E-state index contributed by atoms with van der Waals surface area (Å²) >= 11 is 0. The minimum atomic E-state index is -4.52. The SMILES string of the molecule is CC(C)(C)OC(=O)C1CCN(c2cc(C(F)(F)F)ccc2C2CN(C(=O)OC(C)(C)C)C[C@@H]2CO)CC1. The number of ether oxygens (including phenoxy) is 2. The first kappa shape index (κ1) is 29.1. The molecule has 1 aromatic carbocycles. The van der Waals surface area contributed by atoms with Gasteiger partial charge in [0.15, 0.2) is 0 Å². The molecule has 1 aromatic rings. The Balaban J connectivity index is 1.87. The van der Waals surface area contributed by atoms with Crippen molar-refractivity contribution in [2.75, 3.05) is 37.7 Å². The number of aliphatic hydroxyl groups excluding tert-OH is 1. The van der Waals surface area contributed by atoms with Gasteiger partial charge in [0.2, 0.25) is 0 Å². The minimum absolute atomic E-state index is 0.217.